The van der Waals surface area contributed by atoms with Crippen LogP contribution >= 0.6 is 0 Å². The van der Waals surface area contributed by atoms with Crippen LogP contribution in [-0.2, 0) is 17.3 Å². The summed E-state index contributed by atoms with van der Waals surface area (Å²) in [7, 11) is 0. The minimum absolute atomic E-state index is 0.103. The summed E-state index contributed by atoms with van der Waals surface area (Å²) in [5, 5.41) is 21.8. The van der Waals surface area contributed by atoms with Gasteiger partial charge >= 0.3 is 0 Å². The maximum Gasteiger partial charge on any atom is 0.122 e. The van der Waals surface area contributed by atoms with Gasteiger partial charge in [0.2, 0.25) is 0 Å². The molecule has 0 saturated heterocycles. The Kier molecular flexibility index (Phi) is 5.71. The lowest BCUT2D eigenvalue weighted by molar-refractivity contribution is 0.429. The quantitative estimate of drug-likeness (QED) is 0.636. The fraction of sp³-hybridized carbons (Fsp3) is 0.520. The van der Waals surface area contributed by atoms with Crippen LogP contribution in [0.1, 0.15) is 87.8 Å². The molecule has 0 aromatic heterocycles. The number of phenols is 2. The highest BCUT2D eigenvalue weighted by Gasteiger charge is 2.25. The van der Waals surface area contributed by atoms with E-state index in [0.29, 0.717) is 17.9 Å². The van der Waals surface area contributed by atoms with E-state index in [-0.39, 0.29) is 16.7 Å². The van der Waals surface area contributed by atoms with Gasteiger partial charge in [-0.15, -0.1) is 0 Å². The fourth-order valence-electron chi connectivity index (χ4n) is 3.78. The highest BCUT2D eigenvalue weighted by Crippen LogP contribution is 2.41. The number of hydrogen-bond donors (Lipinski definition) is 2. The van der Waals surface area contributed by atoms with Gasteiger partial charge in [-0.25, -0.2) is 0 Å². The van der Waals surface area contributed by atoms with Crippen molar-refractivity contribution in [2.75, 3.05) is 0 Å². The summed E-state index contributed by atoms with van der Waals surface area (Å²) in [6.07, 6.45) is 0.692. The number of benzene rings is 2. The van der Waals surface area contributed by atoms with Gasteiger partial charge in [0, 0.05) is 0 Å². The normalized spacial score (nSPS) is 13.7. The van der Waals surface area contributed by atoms with Gasteiger partial charge in [-0.3, -0.25) is 0 Å². The van der Waals surface area contributed by atoms with Gasteiger partial charge in [0.25, 0.3) is 0 Å². The first-order chi connectivity index (χ1) is 12.2. The van der Waals surface area contributed by atoms with Crippen LogP contribution in [0.4, 0.5) is 0 Å². The predicted octanol–water partition coefficient (Wildman–Crippen LogP) is 6.66. The summed E-state index contributed by atoms with van der Waals surface area (Å²) < 4.78 is 0. The summed E-state index contributed by atoms with van der Waals surface area (Å²) in [6.45, 7) is 19.0. The van der Waals surface area contributed by atoms with Crippen molar-refractivity contribution >= 4 is 0 Å². The SMILES string of the molecule is Cc1cc(CC(C)c2cc(C)cc(C(C)(C)C)c2O)c(O)c(C(C)(C)C)c1. The Balaban J connectivity index is 2.49. The van der Waals surface area contributed by atoms with Gasteiger partial charge in [-0.2, -0.15) is 0 Å². The van der Waals surface area contributed by atoms with Crippen LogP contribution in [0, 0.1) is 13.8 Å². The molecule has 2 aromatic carbocycles. The second kappa shape index (κ2) is 7.22. The first-order valence-electron chi connectivity index (χ1n) is 9.88. The molecule has 148 valence electrons. The number of aryl methyl sites for hydroxylation is 2. The first kappa shape index (κ1) is 21.3. The number of hydrogen-bond acceptors (Lipinski definition) is 2. The van der Waals surface area contributed by atoms with Crippen LogP contribution in [0.25, 0.3) is 0 Å². The largest absolute Gasteiger partial charge is 0.507 e. The van der Waals surface area contributed by atoms with Gasteiger partial charge < -0.3 is 10.2 Å². The van der Waals surface area contributed by atoms with Crippen LogP contribution in [0.2, 0.25) is 0 Å². The molecule has 2 nitrogen and oxygen atoms in total. The van der Waals surface area contributed by atoms with Crippen LogP contribution < -0.4 is 0 Å². The van der Waals surface area contributed by atoms with Crippen molar-refractivity contribution in [3.05, 3.63) is 57.6 Å². The maximum absolute atomic E-state index is 10.9. The molecular weight excluding hydrogens is 332 g/mol. The molecule has 0 fully saturated rings. The van der Waals surface area contributed by atoms with Crippen LogP contribution in [0.3, 0.4) is 0 Å². The molecule has 0 bridgehead atoms. The predicted molar refractivity (Wildman–Crippen MR) is 115 cm³/mol. The molecular formula is C25H36O2. The monoisotopic (exact) mass is 368 g/mol. The Morgan fingerprint density at radius 3 is 1.67 bits per heavy atom. The van der Waals surface area contributed by atoms with Gasteiger partial charge in [-0.1, -0.05) is 83.9 Å². The fourth-order valence-corrected chi connectivity index (χ4v) is 3.78. The molecule has 2 N–H and O–H groups in total. The first-order valence-corrected chi connectivity index (χ1v) is 9.88. The Morgan fingerprint density at radius 2 is 1.19 bits per heavy atom. The van der Waals surface area contributed by atoms with Gasteiger partial charge in [0.05, 0.1) is 0 Å². The molecule has 0 heterocycles. The topological polar surface area (TPSA) is 40.5 Å². The summed E-state index contributed by atoms with van der Waals surface area (Å²) in [6, 6.07) is 8.30. The van der Waals surface area contributed by atoms with E-state index < -0.39 is 0 Å². The Bertz CT molecular complexity index is 833. The highest BCUT2D eigenvalue weighted by atomic mass is 16.3. The summed E-state index contributed by atoms with van der Waals surface area (Å²) in [4.78, 5) is 0. The van der Waals surface area contributed by atoms with E-state index in [1.807, 2.05) is 0 Å². The average Bonchev–Trinajstić information content (AvgIpc) is 2.50. The van der Waals surface area contributed by atoms with Crippen molar-refractivity contribution in [2.24, 2.45) is 0 Å². The van der Waals surface area contributed by atoms with E-state index in [1.165, 1.54) is 0 Å². The molecule has 0 spiro atoms. The molecule has 1 unspecified atom stereocenters. The van der Waals surface area contributed by atoms with E-state index >= 15 is 0 Å². The minimum atomic E-state index is -0.116. The maximum atomic E-state index is 10.9. The second-order valence-corrected chi connectivity index (χ2v) is 10.2. The molecule has 0 aliphatic carbocycles. The summed E-state index contributed by atoms with van der Waals surface area (Å²) in [5.41, 5.74) is 5.95. The van der Waals surface area contributed by atoms with E-state index in [1.54, 1.807) is 0 Å². The number of phenolic OH excluding ortho intramolecular Hbond substituents is 2. The standard InChI is InChI=1S/C25H36O2/c1-15-10-18(22(26)20(12-15)24(4,5)6)14-17(3)19-11-16(2)13-21(23(19)27)25(7,8)9/h10-13,17,26-27H,14H2,1-9H3. The lowest BCUT2D eigenvalue weighted by Gasteiger charge is -2.26. The summed E-state index contributed by atoms with van der Waals surface area (Å²) in [5.74, 6) is 0.887. The molecule has 0 aliphatic rings. The van der Waals surface area contributed by atoms with Gasteiger partial charge in [0.15, 0.2) is 0 Å². The zero-order chi connectivity index (χ0) is 20.7. The Morgan fingerprint density at radius 1 is 0.741 bits per heavy atom. The third-order valence-electron chi connectivity index (χ3n) is 5.29. The van der Waals surface area contributed by atoms with E-state index in [2.05, 4.69) is 86.6 Å². The lowest BCUT2D eigenvalue weighted by Crippen LogP contribution is -2.14. The molecule has 27 heavy (non-hydrogen) atoms. The minimum Gasteiger partial charge on any atom is -0.507 e. The summed E-state index contributed by atoms with van der Waals surface area (Å²) >= 11 is 0. The van der Waals surface area contributed by atoms with E-state index in [4.69, 9.17) is 0 Å². The molecule has 0 amide bonds. The number of rotatable bonds is 3. The molecule has 0 aliphatic heterocycles. The van der Waals surface area contributed by atoms with Crippen molar-refractivity contribution in [3.8, 4) is 11.5 Å². The van der Waals surface area contributed by atoms with E-state index in [9.17, 15) is 10.2 Å². The third kappa shape index (κ3) is 4.66. The van der Waals surface area contributed by atoms with E-state index in [0.717, 1.165) is 33.4 Å². The molecule has 2 rings (SSSR count). The van der Waals surface area contributed by atoms with Crippen molar-refractivity contribution in [2.45, 2.75) is 85.5 Å². The molecule has 1 atom stereocenters. The Hall–Kier alpha value is -1.96. The van der Waals surface area contributed by atoms with Crippen LogP contribution in [-0.4, -0.2) is 10.2 Å². The molecule has 2 heteroatoms. The van der Waals surface area contributed by atoms with Crippen molar-refractivity contribution in [1.29, 1.82) is 0 Å². The van der Waals surface area contributed by atoms with Crippen molar-refractivity contribution < 1.29 is 10.2 Å². The van der Waals surface area contributed by atoms with Crippen LogP contribution in [0.15, 0.2) is 24.3 Å². The molecule has 0 saturated carbocycles. The van der Waals surface area contributed by atoms with Crippen LogP contribution in [0.5, 0.6) is 11.5 Å². The smallest absolute Gasteiger partial charge is 0.122 e. The van der Waals surface area contributed by atoms with Crippen molar-refractivity contribution in [1.82, 2.24) is 0 Å². The highest BCUT2D eigenvalue weighted by molar-refractivity contribution is 5.51. The van der Waals surface area contributed by atoms with Gasteiger partial charge in [0.1, 0.15) is 11.5 Å². The average molecular weight is 369 g/mol. The molecule has 0 radical (unpaired) electrons. The second-order valence-electron chi connectivity index (χ2n) is 10.2. The lowest BCUT2D eigenvalue weighted by atomic mass is 9.80. The van der Waals surface area contributed by atoms with Gasteiger partial charge in [-0.05, 0) is 59.3 Å². The number of aromatic hydroxyl groups is 2. The van der Waals surface area contributed by atoms with Crippen molar-refractivity contribution in [3.63, 3.8) is 0 Å². The Labute approximate surface area is 165 Å². The molecule has 2 aromatic rings. The zero-order valence-corrected chi connectivity index (χ0v) is 18.5. The zero-order valence-electron chi connectivity index (χ0n) is 18.5. The third-order valence-corrected chi connectivity index (χ3v) is 5.29.